The highest BCUT2D eigenvalue weighted by Gasteiger charge is 2.89. The molecule has 0 N–H and O–H groups in total. The van der Waals surface area contributed by atoms with Gasteiger partial charge < -0.3 is 4.74 Å². The van der Waals surface area contributed by atoms with Crippen molar-refractivity contribution in [1.29, 1.82) is 0 Å². The fourth-order valence-corrected chi connectivity index (χ4v) is 8.43. The maximum atomic E-state index is 6.82. The molecule has 5 rings (SSSR count). The molecule has 4 bridgehead atoms. The lowest BCUT2D eigenvalue weighted by molar-refractivity contribution is 0.237. The van der Waals surface area contributed by atoms with Crippen LogP contribution in [0.1, 0.15) is 6.42 Å². The van der Waals surface area contributed by atoms with Crippen molar-refractivity contribution in [3.05, 3.63) is 10.1 Å². The Bertz CT molecular complexity index is 516. The minimum Gasteiger partial charge on any atom is -0.369 e. The SMILES string of the molecule is ClC1=C(Cl)[C@]2(Cl)[C@@H]3[C@H]4C[C@H]([C@@H]5O[C@H]45)[C@@H]3[C@@]1(Cl)C2(Cl)Cl. The molecular formula is C12H8Cl6O. The van der Waals surface area contributed by atoms with Crippen molar-refractivity contribution < 1.29 is 4.74 Å². The van der Waals surface area contributed by atoms with Crippen LogP contribution >= 0.6 is 69.6 Å². The predicted octanol–water partition coefficient (Wildman–Crippen LogP) is 4.48. The molecule has 8 atom stereocenters. The number of rotatable bonds is 0. The van der Waals surface area contributed by atoms with Gasteiger partial charge in [0, 0.05) is 0 Å². The lowest BCUT2D eigenvalue weighted by Crippen LogP contribution is -2.46. The van der Waals surface area contributed by atoms with Gasteiger partial charge in [-0.2, -0.15) is 0 Å². The van der Waals surface area contributed by atoms with Crippen molar-refractivity contribution in [2.75, 3.05) is 0 Å². The predicted molar refractivity (Wildman–Crippen MR) is 77.6 cm³/mol. The highest BCUT2D eigenvalue weighted by molar-refractivity contribution is 6.65. The zero-order valence-corrected chi connectivity index (χ0v) is 13.9. The Morgan fingerprint density at radius 3 is 1.68 bits per heavy atom. The van der Waals surface area contributed by atoms with E-state index in [0.29, 0.717) is 21.9 Å². The van der Waals surface area contributed by atoms with Crippen LogP contribution in [0.15, 0.2) is 10.1 Å². The van der Waals surface area contributed by atoms with Gasteiger partial charge in [-0.25, -0.2) is 0 Å². The van der Waals surface area contributed by atoms with E-state index in [1.54, 1.807) is 0 Å². The largest absolute Gasteiger partial charge is 0.369 e. The molecular weight excluding hydrogens is 373 g/mol. The molecule has 0 aromatic rings. The molecule has 0 radical (unpaired) electrons. The van der Waals surface area contributed by atoms with E-state index in [1.807, 2.05) is 0 Å². The van der Waals surface area contributed by atoms with Gasteiger partial charge >= 0.3 is 0 Å². The van der Waals surface area contributed by atoms with Gasteiger partial charge in [0.1, 0.15) is 9.75 Å². The lowest BCUT2D eigenvalue weighted by Gasteiger charge is -2.38. The maximum Gasteiger partial charge on any atom is 0.166 e. The second-order valence-corrected chi connectivity index (χ2v) is 9.58. The smallest absolute Gasteiger partial charge is 0.166 e. The highest BCUT2D eigenvalue weighted by atomic mass is 35.5. The van der Waals surface area contributed by atoms with E-state index in [1.165, 1.54) is 0 Å². The maximum absolute atomic E-state index is 6.82. The van der Waals surface area contributed by atoms with Crippen LogP contribution in [-0.2, 0) is 4.74 Å². The molecule has 0 spiro atoms. The number of epoxide rings is 1. The van der Waals surface area contributed by atoms with Gasteiger partial charge in [0.05, 0.1) is 22.3 Å². The zero-order chi connectivity index (χ0) is 13.5. The van der Waals surface area contributed by atoms with Crippen LogP contribution in [0.4, 0.5) is 0 Å². The Balaban J connectivity index is 1.80. The van der Waals surface area contributed by atoms with E-state index in [-0.39, 0.29) is 24.0 Å². The molecule has 1 saturated heterocycles. The van der Waals surface area contributed by atoms with E-state index in [9.17, 15) is 0 Å². The third-order valence-corrected chi connectivity index (χ3v) is 10.2. The van der Waals surface area contributed by atoms with E-state index in [2.05, 4.69) is 0 Å². The van der Waals surface area contributed by atoms with Gasteiger partial charge in [-0.1, -0.05) is 46.4 Å². The quantitative estimate of drug-likeness (QED) is 0.343. The number of fused-ring (bicyclic) bond motifs is 12. The highest BCUT2D eigenvalue weighted by Crippen LogP contribution is 2.84. The summed E-state index contributed by atoms with van der Waals surface area (Å²) in [4.78, 5) is -2.17. The summed E-state index contributed by atoms with van der Waals surface area (Å²) in [6.45, 7) is 0. The van der Waals surface area contributed by atoms with Gasteiger partial charge in [-0.15, -0.1) is 23.2 Å². The van der Waals surface area contributed by atoms with Crippen molar-refractivity contribution in [2.45, 2.75) is 32.7 Å². The topological polar surface area (TPSA) is 12.5 Å². The molecule has 5 aliphatic rings. The normalized spacial score (nSPS) is 66.6. The van der Waals surface area contributed by atoms with Crippen molar-refractivity contribution in [3.63, 3.8) is 0 Å². The molecule has 1 nitrogen and oxygen atoms in total. The number of ether oxygens (including phenoxy) is 1. The van der Waals surface area contributed by atoms with Gasteiger partial charge in [0.25, 0.3) is 0 Å². The first-order chi connectivity index (χ1) is 8.78. The van der Waals surface area contributed by atoms with Gasteiger partial charge in [-0.05, 0) is 30.1 Å². The fraction of sp³-hybridized carbons (Fsp3) is 0.833. The molecule has 1 heterocycles. The Hall–Kier alpha value is 1.44. The van der Waals surface area contributed by atoms with Crippen LogP contribution in [-0.4, -0.2) is 26.3 Å². The first-order valence-electron chi connectivity index (χ1n) is 6.25. The first-order valence-corrected chi connectivity index (χ1v) is 8.52. The summed E-state index contributed by atoms with van der Waals surface area (Å²) in [6.07, 6.45) is 1.63. The van der Waals surface area contributed by atoms with E-state index >= 15 is 0 Å². The molecule has 0 aromatic carbocycles. The summed E-state index contributed by atoms with van der Waals surface area (Å²) in [5.41, 5.74) is 0. The molecule has 1 aliphatic heterocycles. The summed E-state index contributed by atoms with van der Waals surface area (Å²) in [5.74, 6) is 0.776. The van der Waals surface area contributed by atoms with Crippen molar-refractivity contribution >= 4 is 69.6 Å². The van der Waals surface area contributed by atoms with Crippen LogP contribution in [0.5, 0.6) is 0 Å². The van der Waals surface area contributed by atoms with Crippen molar-refractivity contribution in [1.82, 2.24) is 0 Å². The van der Waals surface area contributed by atoms with E-state index in [4.69, 9.17) is 74.3 Å². The van der Waals surface area contributed by atoms with E-state index < -0.39 is 14.1 Å². The molecule has 104 valence electrons. The van der Waals surface area contributed by atoms with E-state index in [0.717, 1.165) is 6.42 Å². The van der Waals surface area contributed by atoms with Gasteiger partial charge in [0.2, 0.25) is 0 Å². The fourth-order valence-electron chi connectivity index (χ4n) is 5.30. The molecule has 0 unspecified atom stereocenters. The second-order valence-electron chi connectivity index (χ2n) is 6.31. The molecule has 0 amide bonds. The Morgan fingerprint density at radius 1 is 0.842 bits per heavy atom. The molecule has 4 fully saturated rings. The molecule has 0 aromatic heterocycles. The zero-order valence-electron chi connectivity index (χ0n) is 9.35. The van der Waals surface area contributed by atoms with Crippen LogP contribution in [0.25, 0.3) is 0 Å². The molecule has 4 aliphatic carbocycles. The Labute approximate surface area is 140 Å². The Morgan fingerprint density at radius 2 is 1.26 bits per heavy atom. The Kier molecular flexibility index (Phi) is 2.18. The molecule has 7 heteroatoms. The summed E-state index contributed by atoms with van der Waals surface area (Å²) >= 11 is 39.5. The second kappa shape index (κ2) is 3.20. The van der Waals surface area contributed by atoms with Crippen LogP contribution in [0.2, 0.25) is 0 Å². The minimum absolute atomic E-state index is 0.0467. The average molecular weight is 381 g/mol. The summed E-state index contributed by atoms with van der Waals surface area (Å²) in [5, 5.41) is 0.642. The van der Waals surface area contributed by atoms with Crippen LogP contribution in [0.3, 0.4) is 0 Å². The number of alkyl halides is 4. The van der Waals surface area contributed by atoms with Crippen molar-refractivity contribution in [2.24, 2.45) is 23.7 Å². The number of hydrogen-bond donors (Lipinski definition) is 0. The minimum atomic E-state index is -1.37. The third kappa shape index (κ3) is 0.986. The van der Waals surface area contributed by atoms with Crippen LogP contribution in [0, 0.1) is 23.7 Å². The average Bonchev–Trinajstić information content (AvgIpc) is 2.91. The van der Waals surface area contributed by atoms with Gasteiger partial charge in [0.15, 0.2) is 4.33 Å². The number of allylic oxidation sites excluding steroid dienone is 2. The first kappa shape index (κ1) is 12.9. The standard InChI is InChI=1S/C12H8Cl6O/c13-8-9(14)11(16)5-3-1-2(6-7(3)19-6)4(5)10(8,15)12(11,17)18/h2-7H,1H2/t2-,3+,4-,5+,6-,7+,10-,11+. The summed E-state index contributed by atoms with van der Waals surface area (Å²) in [6, 6.07) is 0. The monoisotopic (exact) mass is 378 g/mol. The number of halogens is 6. The molecule has 19 heavy (non-hydrogen) atoms. The van der Waals surface area contributed by atoms with Crippen LogP contribution < -0.4 is 0 Å². The van der Waals surface area contributed by atoms with Gasteiger partial charge in [-0.3, -0.25) is 0 Å². The third-order valence-electron chi connectivity index (χ3n) is 5.92. The summed E-state index contributed by atoms with van der Waals surface area (Å²) < 4.78 is 4.35. The number of hydrogen-bond acceptors (Lipinski definition) is 1. The summed E-state index contributed by atoms with van der Waals surface area (Å²) in [7, 11) is 0. The lowest BCUT2D eigenvalue weighted by atomic mass is 9.73. The van der Waals surface area contributed by atoms with Crippen molar-refractivity contribution in [3.8, 4) is 0 Å². The molecule has 3 saturated carbocycles.